The van der Waals surface area contributed by atoms with Crippen LogP contribution < -0.4 is 5.56 Å². The van der Waals surface area contributed by atoms with E-state index in [9.17, 15) is 4.79 Å². The van der Waals surface area contributed by atoms with Crippen molar-refractivity contribution in [1.29, 1.82) is 0 Å². The van der Waals surface area contributed by atoms with E-state index in [1.54, 1.807) is 11.3 Å². The number of aromatic nitrogens is 2. The van der Waals surface area contributed by atoms with Crippen LogP contribution in [0.15, 0.2) is 4.79 Å². The van der Waals surface area contributed by atoms with E-state index in [0.717, 1.165) is 41.3 Å². The van der Waals surface area contributed by atoms with Gasteiger partial charge in [0.15, 0.2) is 0 Å². The molecule has 0 bridgehead atoms. The van der Waals surface area contributed by atoms with Crippen LogP contribution >= 0.6 is 11.3 Å². The van der Waals surface area contributed by atoms with Gasteiger partial charge in [0.05, 0.1) is 11.9 Å². The van der Waals surface area contributed by atoms with Gasteiger partial charge in [0.25, 0.3) is 5.56 Å². The van der Waals surface area contributed by atoms with E-state index in [1.165, 1.54) is 16.9 Å². The fourth-order valence-electron chi connectivity index (χ4n) is 2.84. The average molecular weight is 291 g/mol. The summed E-state index contributed by atoms with van der Waals surface area (Å²) in [7, 11) is 2.03. The average Bonchev–Trinajstić information content (AvgIpc) is 2.75. The lowest BCUT2D eigenvalue weighted by Crippen LogP contribution is -2.21. The van der Waals surface area contributed by atoms with Crippen molar-refractivity contribution >= 4 is 21.6 Å². The fourth-order valence-corrected chi connectivity index (χ4v) is 4.24. The van der Waals surface area contributed by atoms with Gasteiger partial charge in [0.1, 0.15) is 10.7 Å². The molecule has 5 heteroatoms. The van der Waals surface area contributed by atoms with Gasteiger partial charge in [-0.1, -0.05) is 13.8 Å². The Morgan fingerprint density at radius 1 is 1.50 bits per heavy atom. The van der Waals surface area contributed by atoms with Crippen molar-refractivity contribution in [3.8, 4) is 0 Å². The number of fused-ring (bicyclic) bond motifs is 3. The van der Waals surface area contributed by atoms with Gasteiger partial charge in [-0.05, 0) is 44.3 Å². The lowest BCUT2D eigenvalue weighted by atomic mass is 9.89. The molecule has 3 rings (SSSR count). The Labute approximate surface area is 122 Å². The molecule has 0 radical (unpaired) electrons. The molecule has 4 nitrogen and oxygen atoms in total. The summed E-state index contributed by atoms with van der Waals surface area (Å²) in [6, 6.07) is 0. The van der Waals surface area contributed by atoms with Crippen LogP contribution in [0.2, 0.25) is 0 Å². The Hall–Kier alpha value is -1.20. The maximum Gasteiger partial charge on any atom is 0.259 e. The molecule has 108 valence electrons. The van der Waals surface area contributed by atoms with Crippen molar-refractivity contribution < 1.29 is 0 Å². The van der Waals surface area contributed by atoms with E-state index in [-0.39, 0.29) is 5.56 Å². The third-order valence-corrected chi connectivity index (χ3v) is 5.32. The summed E-state index contributed by atoms with van der Waals surface area (Å²) in [5, 5.41) is 0.847. The monoisotopic (exact) mass is 291 g/mol. The summed E-state index contributed by atoms with van der Waals surface area (Å²) in [5.41, 5.74) is 1.30. The highest BCUT2D eigenvalue weighted by Crippen LogP contribution is 2.35. The molecule has 20 heavy (non-hydrogen) atoms. The second-order valence-corrected chi connectivity index (χ2v) is 6.96. The zero-order chi connectivity index (χ0) is 14.3. The minimum Gasteiger partial charge on any atom is -0.309 e. The Morgan fingerprint density at radius 3 is 3.05 bits per heavy atom. The van der Waals surface area contributed by atoms with Crippen molar-refractivity contribution in [3.05, 3.63) is 26.6 Å². The van der Waals surface area contributed by atoms with Gasteiger partial charge in [-0.25, -0.2) is 4.98 Å². The molecule has 0 aliphatic heterocycles. The molecular weight excluding hydrogens is 270 g/mol. The molecule has 2 heterocycles. The smallest absolute Gasteiger partial charge is 0.259 e. The number of hydrogen-bond acceptors (Lipinski definition) is 4. The van der Waals surface area contributed by atoms with Gasteiger partial charge in [-0.2, -0.15) is 0 Å². The Balaban J connectivity index is 2.07. The van der Waals surface area contributed by atoms with Crippen LogP contribution in [0.5, 0.6) is 0 Å². The van der Waals surface area contributed by atoms with Gasteiger partial charge in [-0.3, -0.25) is 9.69 Å². The first-order valence-electron chi connectivity index (χ1n) is 7.30. The highest BCUT2D eigenvalue weighted by atomic mass is 32.1. The molecule has 1 N–H and O–H groups in total. The summed E-state index contributed by atoms with van der Waals surface area (Å²) >= 11 is 1.72. The number of aryl methyl sites for hydroxylation is 1. The zero-order valence-electron chi connectivity index (χ0n) is 12.3. The Kier molecular flexibility index (Phi) is 3.65. The summed E-state index contributed by atoms with van der Waals surface area (Å²) in [6.07, 6.45) is 3.30. The Bertz CT molecular complexity index is 688. The SMILES string of the molecule is CCN(C)Cc1nc2sc3c(c2c(=O)[nH]1)CC[C@@H](C)C3. The molecule has 0 saturated heterocycles. The molecule has 0 aromatic carbocycles. The topological polar surface area (TPSA) is 49.0 Å². The van der Waals surface area contributed by atoms with Crippen molar-refractivity contribution in [2.75, 3.05) is 13.6 Å². The third-order valence-electron chi connectivity index (χ3n) is 4.17. The maximum atomic E-state index is 12.4. The zero-order valence-corrected chi connectivity index (χ0v) is 13.1. The van der Waals surface area contributed by atoms with Crippen LogP contribution in [0.4, 0.5) is 0 Å². The molecule has 2 aromatic heterocycles. The van der Waals surface area contributed by atoms with Crippen molar-refractivity contribution in [2.24, 2.45) is 5.92 Å². The number of nitrogens with one attached hydrogen (secondary N) is 1. The maximum absolute atomic E-state index is 12.4. The first-order chi connectivity index (χ1) is 9.58. The summed E-state index contributed by atoms with van der Waals surface area (Å²) in [6.45, 7) is 6.02. The number of aromatic amines is 1. The lowest BCUT2D eigenvalue weighted by Gasteiger charge is -2.17. The van der Waals surface area contributed by atoms with E-state index in [1.807, 2.05) is 7.05 Å². The number of rotatable bonds is 3. The van der Waals surface area contributed by atoms with Gasteiger partial charge >= 0.3 is 0 Å². The Morgan fingerprint density at radius 2 is 2.30 bits per heavy atom. The largest absolute Gasteiger partial charge is 0.309 e. The second kappa shape index (κ2) is 5.30. The normalized spacial score (nSPS) is 18.7. The standard InChI is InChI=1S/C15H21N3OS/c1-4-18(3)8-12-16-14(19)13-10-6-5-9(2)7-11(10)20-15(13)17-12/h9H,4-8H2,1-3H3,(H,16,17,19)/t9-/m1/s1. The molecule has 0 fully saturated rings. The van der Waals surface area contributed by atoms with Crippen LogP contribution in [0.1, 0.15) is 36.5 Å². The highest BCUT2D eigenvalue weighted by molar-refractivity contribution is 7.18. The summed E-state index contributed by atoms with van der Waals surface area (Å²) in [5.74, 6) is 1.50. The minimum absolute atomic E-state index is 0.0431. The number of thiophene rings is 1. The van der Waals surface area contributed by atoms with Crippen molar-refractivity contribution in [2.45, 2.75) is 39.7 Å². The first-order valence-corrected chi connectivity index (χ1v) is 8.12. The summed E-state index contributed by atoms with van der Waals surface area (Å²) in [4.78, 5) is 24.4. The quantitative estimate of drug-likeness (QED) is 0.945. The predicted molar refractivity (Wildman–Crippen MR) is 83.4 cm³/mol. The molecule has 1 aliphatic carbocycles. The predicted octanol–water partition coefficient (Wildman–Crippen LogP) is 2.56. The van der Waals surface area contributed by atoms with Crippen LogP contribution in [0.25, 0.3) is 10.2 Å². The second-order valence-electron chi connectivity index (χ2n) is 5.87. The van der Waals surface area contributed by atoms with Gasteiger partial charge in [0, 0.05) is 4.88 Å². The third kappa shape index (κ3) is 2.40. The first kappa shape index (κ1) is 13.8. The molecule has 0 unspecified atom stereocenters. The molecular formula is C15H21N3OS. The number of nitrogens with zero attached hydrogens (tertiary/aromatic N) is 2. The molecule has 2 aromatic rings. The van der Waals surface area contributed by atoms with Crippen LogP contribution in [0.3, 0.4) is 0 Å². The lowest BCUT2D eigenvalue weighted by molar-refractivity contribution is 0.336. The number of H-pyrrole nitrogens is 1. The van der Waals surface area contributed by atoms with Crippen molar-refractivity contribution in [3.63, 3.8) is 0 Å². The van der Waals surface area contributed by atoms with Crippen LogP contribution in [-0.2, 0) is 19.4 Å². The van der Waals surface area contributed by atoms with Gasteiger partial charge in [-0.15, -0.1) is 11.3 Å². The fraction of sp³-hybridized carbons (Fsp3) is 0.600. The van der Waals surface area contributed by atoms with E-state index in [0.29, 0.717) is 6.54 Å². The molecule has 0 spiro atoms. The van der Waals surface area contributed by atoms with E-state index < -0.39 is 0 Å². The van der Waals surface area contributed by atoms with E-state index in [2.05, 4.69) is 28.7 Å². The highest BCUT2D eigenvalue weighted by Gasteiger charge is 2.22. The van der Waals surface area contributed by atoms with Gasteiger partial charge < -0.3 is 4.98 Å². The van der Waals surface area contributed by atoms with Crippen LogP contribution in [-0.4, -0.2) is 28.5 Å². The van der Waals surface area contributed by atoms with Gasteiger partial charge in [0.2, 0.25) is 0 Å². The van der Waals surface area contributed by atoms with Crippen molar-refractivity contribution in [1.82, 2.24) is 14.9 Å². The molecule has 0 amide bonds. The minimum atomic E-state index is 0.0431. The van der Waals surface area contributed by atoms with E-state index >= 15 is 0 Å². The summed E-state index contributed by atoms with van der Waals surface area (Å²) < 4.78 is 0. The molecule has 1 atom stereocenters. The van der Waals surface area contributed by atoms with Crippen LogP contribution in [0, 0.1) is 5.92 Å². The number of hydrogen-bond donors (Lipinski definition) is 1. The van der Waals surface area contributed by atoms with E-state index in [4.69, 9.17) is 0 Å². The molecule has 1 aliphatic rings. The molecule has 0 saturated carbocycles.